The van der Waals surface area contributed by atoms with Crippen molar-refractivity contribution in [2.75, 3.05) is 6.61 Å². The third-order valence-electron chi connectivity index (χ3n) is 5.87. The average Bonchev–Trinajstić information content (AvgIpc) is 2.81. The molecule has 0 N–H and O–H groups in total. The fraction of sp³-hybridized carbons (Fsp3) is 0.148. The highest BCUT2D eigenvalue weighted by Gasteiger charge is 2.31. The van der Waals surface area contributed by atoms with Crippen LogP contribution in [0.2, 0.25) is 0 Å². The maximum atomic E-state index is 13.8. The van der Waals surface area contributed by atoms with Gasteiger partial charge in [-0.15, -0.1) is 0 Å². The summed E-state index contributed by atoms with van der Waals surface area (Å²) < 4.78 is 7.10. The SMILES string of the molecule is O=C(c1cccc2ccccc12)N1Cc2ccccc2CC1COc1cccc(Br)c1. The van der Waals surface area contributed by atoms with Crippen molar-refractivity contribution in [2.24, 2.45) is 0 Å². The number of carbonyl (C=O) groups excluding carboxylic acids is 1. The topological polar surface area (TPSA) is 29.5 Å². The van der Waals surface area contributed by atoms with E-state index in [0.717, 1.165) is 33.0 Å². The van der Waals surface area contributed by atoms with E-state index >= 15 is 0 Å². The van der Waals surface area contributed by atoms with Crippen molar-refractivity contribution in [3.05, 3.63) is 112 Å². The molecule has 0 saturated heterocycles. The first-order valence-electron chi connectivity index (χ1n) is 10.4. The zero-order chi connectivity index (χ0) is 21.2. The average molecular weight is 472 g/mol. The second-order valence-corrected chi connectivity index (χ2v) is 8.77. The van der Waals surface area contributed by atoms with E-state index in [1.165, 1.54) is 11.1 Å². The van der Waals surface area contributed by atoms with Crippen LogP contribution in [0.25, 0.3) is 10.8 Å². The lowest BCUT2D eigenvalue weighted by Gasteiger charge is -2.37. The molecule has 0 bridgehead atoms. The number of rotatable bonds is 4. The van der Waals surface area contributed by atoms with Crippen LogP contribution in [-0.4, -0.2) is 23.5 Å². The molecule has 0 radical (unpaired) electrons. The fourth-order valence-corrected chi connectivity index (χ4v) is 4.67. The molecule has 1 amide bonds. The number of nitrogens with zero attached hydrogens (tertiary/aromatic N) is 1. The van der Waals surface area contributed by atoms with Gasteiger partial charge in [0.1, 0.15) is 12.4 Å². The van der Waals surface area contributed by atoms with Gasteiger partial charge in [-0.2, -0.15) is 0 Å². The van der Waals surface area contributed by atoms with Crippen LogP contribution >= 0.6 is 15.9 Å². The first kappa shape index (κ1) is 19.8. The van der Waals surface area contributed by atoms with Gasteiger partial charge in [0.2, 0.25) is 0 Å². The number of hydrogen-bond acceptors (Lipinski definition) is 2. The predicted octanol–water partition coefficient (Wildman–Crippen LogP) is 6.25. The number of fused-ring (bicyclic) bond motifs is 2. The smallest absolute Gasteiger partial charge is 0.255 e. The Balaban J connectivity index is 1.48. The summed E-state index contributed by atoms with van der Waals surface area (Å²) >= 11 is 3.49. The summed E-state index contributed by atoms with van der Waals surface area (Å²) in [6.45, 7) is 1.03. The molecule has 0 saturated carbocycles. The van der Waals surface area contributed by atoms with E-state index in [4.69, 9.17) is 4.74 Å². The monoisotopic (exact) mass is 471 g/mol. The third kappa shape index (κ3) is 4.08. The second-order valence-electron chi connectivity index (χ2n) is 7.85. The Bertz CT molecular complexity index is 1250. The van der Waals surface area contributed by atoms with E-state index < -0.39 is 0 Å². The summed E-state index contributed by atoms with van der Waals surface area (Å²) in [5.41, 5.74) is 3.23. The number of carbonyl (C=O) groups is 1. The lowest BCUT2D eigenvalue weighted by atomic mass is 9.93. The maximum absolute atomic E-state index is 13.8. The molecular weight excluding hydrogens is 450 g/mol. The second kappa shape index (κ2) is 8.56. The molecule has 31 heavy (non-hydrogen) atoms. The summed E-state index contributed by atoms with van der Waals surface area (Å²) in [5.74, 6) is 0.847. The van der Waals surface area contributed by atoms with Gasteiger partial charge < -0.3 is 9.64 Å². The molecule has 1 aliphatic heterocycles. The van der Waals surface area contributed by atoms with E-state index in [2.05, 4.69) is 34.1 Å². The lowest BCUT2D eigenvalue weighted by molar-refractivity contribution is 0.0568. The standard InChI is InChI=1S/C27H22BrNO2/c28-22-11-6-12-24(16-22)31-18-23-15-20-8-1-2-9-21(20)17-29(23)27(30)26-14-5-10-19-7-3-4-13-25(19)26/h1-14,16,23H,15,17-18H2. The predicted molar refractivity (Wildman–Crippen MR) is 127 cm³/mol. The number of hydrogen-bond donors (Lipinski definition) is 0. The molecule has 5 rings (SSSR count). The van der Waals surface area contributed by atoms with E-state index in [-0.39, 0.29) is 11.9 Å². The molecular formula is C27H22BrNO2. The van der Waals surface area contributed by atoms with Crippen LogP contribution in [0.15, 0.2) is 95.5 Å². The molecule has 1 heterocycles. The Hall–Kier alpha value is -3.11. The Morgan fingerprint density at radius 1 is 0.903 bits per heavy atom. The molecule has 4 aromatic carbocycles. The molecule has 1 unspecified atom stereocenters. The van der Waals surface area contributed by atoms with Crippen molar-refractivity contribution in [3.63, 3.8) is 0 Å². The Morgan fingerprint density at radius 2 is 1.65 bits per heavy atom. The van der Waals surface area contributed by atoms with Crippen LogP contribution in [0, 0.1) is 0 Å². The minimum atomic E-state index is -0.0413. The molecule has 0 fully saturated rings. The highest BCUT2D eigenvalue weighted by atomic mass is 79.9. The van der Waals surface area contributed by atoms with E-state index in [0.29, 0.717) is 13.2 Å². The summed E-state index contributed by atoms with van der Waals surface area (Å²) in [5, 5.41) is 2.06. The first-order chi connectivity index (χ1) is 15.2. The highest BCUT2D eigenvalue weighted by Crippen LogP contribution is 2.28. The van der Waals surface area contributed by atoms with Crippen LogP contribution in [0.5, 0.6) is 5.75 Å². The van der Waals surface area contributed by atoms with Crippen molar-refractivity contribution in [3.8, 4) is 5.75 Å². The lowest BCUT2D eigenvalue weighted by Crippen LogP contribution is -2.47. The molecule has 4 heteroatoms. The molecule has 154 valence electrons. The summed E-state index contributed by atoms with van der Waals surface area (Å²) in [6, 6.07) is 30.1. The molecule has 1 aliphatic rings. The van der Waals surface area contributed by atoms with Crippen LogP contribution in [0.4, 0.5) is 0 Å². The number of halogens is 1. The van der Waals surface area contributed by atoms with Gasteiger partial charge in [0.05, 0.1) is 6.04 Å². The Kier molecular flexibility index (Phi) is 5.47. The van der Waals surface area contributed by atoms with Crippen molar-refractivity contribution in [1.82, 2.24) is 4.90 Å². The number of ether oxygens (including phenoxy) is 1. The minimum absolute atomic E-state index is 0.0413. The van der Waals surface area contributed by atoms with Crippen molar-refractivity contribution >= 4 is 32.6 Å². The van der Waals surface area contributed by atoms with Crippen LogP contribution < -0.4 is 4.74 Å². The van der Waals surface area contributed by atoms with Crippen LogP contribution in [-0.2, 0) is 13.0 Å². The largest absolute Gasteiger partial charge is 0.491 e. The van der Waals surface area contributed by atoms with Crippen molar-refractivity contribution in [2.45, 2.75) is 19.0 Å². The van der Waals surface area contributed by atoms with Crippen molar-refractivity contribution in [1.29, 1.82) is 0 Å². The fourth-order valence-electron chi connectivity index (χ4n) is 4.29. The van der Waals surface area contributed by atoms with E-state index in [9.17, 15) is 4.79 Å². The van der Waals surface area contributed by atoms with Gasteiger partial charge in [0.25, 0.3) is 5.91 Å². The summed E-state index contributed by atoms with van der Waals surface area (Å²) in [6.07, 6.45) is 0.778. The van der Waals surface area contributed by atoms with E-state index in [1.54, 1.807) is 0 Å². The van der Waals surface area contributed by atoms with Crippen LogP contribution in [0.1, 0.15) is 21.5 Å². The zero-order valence-electron chi connectivity index (χ0n) is 17.0. The molecule has 0 spiro atoms. The highest BCUT2D eigenvalue weighted by molar-refractivity contribution is 9.10. The van der Waals surface area contributed by atoms with Gasteiger partial charge in [-0.25, -0.2) is 0 Å². The molecule has 4 aromatic rings. The van der Waals surface area contributed by atoms with E-state index in [1.807, 2.05) is 77.7 Å². The summed E-state index contributed by atoms with van der Waals surface area (Å²) in [4.78, 5) is 15.7. The Labute approximate surface area is 190 Å². The molecule has 0 aliphatic carbocycles. The number of amides is 1. The molecule has 0 aromatic heterocycles. The van der Waals surface area contributed by atoms with Crippen LogP contribution in [0.3, 0.4) is 0 Å². The third-order valence-corrected chi connectivity index (χ3v) is 6.37. The first-order valence-corrected chi connectivity index (χ1v) is 11.2. The van der Waals surface area contributed by atoms with Gasteiger partial charge in [0.15, 0.2) is 0 Å². The maximum Gasteiger partial charge on any atom is 0.255 e. The minimum Gasteiger partial charge on any atom is -0.491 e. The van der Waals surface area contributed by atoms with Gasteiger partial charge in [-0.05, 0) is 52.6 Å². The molecule has 1 atom stereocenters. The van der Waals surface area contributed by atoms with Gasteiger partial charge >= 0.3 is 0 Å². The number of benzene rings is 4. The summed E-state index contributed by atoms with van der Waals surface area (Å²) in [7, 11) is 0. The van der Waals surface area contributed by atoms with Gasteiger partial charge in [0, 0.05) is 16.6 Å². The van der Waals surface area contributed by atoms with Crippen molar-refractivity contribution < 1.29 is 9.53 Å². The van der Waals surface area contributed by atoms with Gasteiger partial charge in [-0.1, -0.05) is 82.7 Å². The quantitative estimate of drug-likeness (QED) is 0.352. The Morgan fingerprint density at radius 3 is 2.52 bits per heavy atom. The molecule has 3 nitrogen and oxygen atoms in total. The zero-order valence-corrected chi connectivity index (χ0v) is 18.6. The van der Waals surface area contributed by atoms with Gasteiger partial charge in [-0.3, -0.25) is 4.79 Å². The normalized spacial score (nSPS) is 15.5.